The van der Waals surface area contributed by atoms with E-state index in [4.69, 9.17) is 5.11 Å². The maximum absolute atomic E-state index is 11.8. The van der Waals surface area contributed by atoms with E-state index in [1.54, 1.807) is 0 Å². The average molecular weight is 275 g/mol. The molecule has 0 amide bonds. The van der Waals surface area contributed by atoms with Crippen LogP contribution in [0, 0.1) is 0 Å². The van der Waals surface area contributed by atoms with Crippen molar-refractivity contribution in [3.05, 3.63) is 22.1 Å². The van der Waals surface area contributed by atoms with Gasteiger partial charge in [-0.2, -0.15) is 5.21 Å². The minimum atomic E-state index is -3.60. The van der Waals surface area contributed by atoms with Gasteiger partial charge >= 0.3 is 0 Å². The van der Waals surface area contributed by atoms with Gasteiger partial charge in [0.25, 0.3) is 0 Å². The first kappa shape index (κ1) is 12.1. The van der Waals surface area contributed by atoms with Crippen LogP contribution in [0.5, 0.6) is 0 Å². The van der Waals surface area contributed by atoms with Gasteiger partial charge in [-0.1, -0.05) is 5.21 Å². The molecule has 0 radical (unpaired) electrons. The third-order valence-corrected chi connectivity index (χ3v) is 4.36. The molecule has 2 aromatic rings. The fourth-order valence-electron chi connectivity index (χ4n) is 1.08. The summed E-state index contributed by atoms with van der Waals surface area (Å²) in [6, 6.07) is 1.42. The Morgan fingerprint density at radius 1 is 1.53 bits per heavy atom. The molecule has 0 saturated heterocycles. The normalized spacial score (nSPS) is 11.8. The number of sulfonamides is 1. The van der Waals surface area contributed by atoms with Crippen LogP contribution in [-0.4, -0.2) is 34.1 Å². The molecule has 3 N–H and O–H groups in total. The smallest absolute Gasteiger partial charge is 0.241 e. The van der Waals surface area contributed by atoms with Gasteiger partial charge in [0, 0.05) is 10.3 Å². The second-order valence-corrected chi connectivity index (χ2v) is 5.82. The number of H-pyrrole nitrogens is 1. The van der Waals surface area contributed by atoms with E-state index in [2.05, 4.69) is 25.3 Å². The Morgan fingerprint density at radius 2 is 2.35 bits per heavy atom. The Labute approximate surface area is 101 Å². The molecular formula is C7H9N5O3S2. The van der Waals surface area contributed by atoms with Crippen molar-refractivity contribution in [1.29, 1.82) is 0 Å². The van der Waals surface area contributed by atoms with Crippen LogP contribution >= 0.6 is 11.3 Å². The number of aromatic nitrogens is 4. The van der Waals surface area contributed by atoms with E-state index in [-0.39, 0.29) is 23.9 Å². The number of aliphatic hydroxyl groups is 1. The largest absolute Gasteiger partial charge is 0.391 e. The number of aliphatic hydroxyl groups excluding tert-OH is 1. The molecule has 0 aliphatic carbocycles. The van der Waals surface area contributed by atoms with Crippen molar-refractivity contribution < 1.29 is 13.5 Å². The van der Waals surface area contributed by atoms with Gasteiger partial charge in [-0.25, -0.2) is 13.1 Å². The summed E-state index contributed by atoms with van der Waals surface area (Å²) >= 11 is 1.18. The highest BCUT2D eigenvalue weighted by atomic mass is 32.2. The molecule has 2 heterocycles. The topological polar surface area (TPSA) is 121 Å². The van der Waals surface area contributed by atoms with Crippen LogP contribution in [0.15, 0.2) is 16.3 Å². The lowest BCUT2D eigenvalue weighted by molar-refractivity contribution is 0.285. The van der Waals surface area contributed by atoms with Gasteiger partial charge in [0.15, 0.2) is 5.82 Å². The maximum atomic E-state index is 11.8. The molecule has 0 atom stereocenters. The van der Waals surface area contributed by atoms with Crippen LogP contribution in [0.25, 0.3) is 0 Å². The molecule has 17 heavy (non-hydrogen) atoms. The molecule has 10 heteroatoms. The summed E-state index contributed by atoms with van der Waals surface area (Å²) in [5.41, 5.74) is 0. The summed E-state index contributed by atoms with van der Waals surface area (Å²) in [6.07, 6.45) is 0. The lowest BCUT2D eigenvalue weighted by Crippen LogP contribution is -2.23. The van der Waals surface area contributed by atoms with Crippen molar-refractivity contribution in [1.82, 2.24) is 25.3 Å². The summed E-state index contributed by atoms with van der Waals surface area (Å²) in [5, 5.41) is 23.1. The number of nitrogens with one attached hydrogen (secondary N) is 2. The van der Waals surface area contributed by atoms with E-state index in [0.717, 1.165) is 0 Å². The Balaban J connectivity index is 2.08. The van der Waals surface area contributed by atoms with Gasteiger partial charge in [-0.3, -0.25) is 0 Å². The lowest BCUT2D eigenvalue weighted by atomic mass is 10.5. The fraction of sp³-hybridized carbons (Fsp3) is 0.286. The zero-order chi connectivity index (χ0) is 12.3. The van der Waals surface area contributed by atoms with Crippen molar-refractivity contribution in [3.8, 4) is 0 Å². The number of thiophene rings is 1. The number of hydrogen-bond acceptors (Lipinski definition) is 7. The first-order chi connectivity index (χ1) is 8.12. The van der Waals surface area contributed by atoms with Crippen LogP contribution in [0.2, 0.25) is 0 Å². The fourth-order valence-corrected chi connectivity index (χ4v) is 3.20. The quantitative estimate of drug-likeness (QED) is 0.659. The summed E-state index contributed by atoms with van der Waals surface area (Å²) in [4.78, 5) is 0.708. The predicted molar refractivity (Wildman–Crippen MR) is 58.4 cm³/mol. The van der Waals surface area contributed by atoms with Gasteiger partial charge < -0.3 is 5.11 Å². The van der Waals surface area contributed by atoms with Crippen LogP contribution in [-0.2, 0) is 23.2 Å². The molecule has 92 valence electrons. The van der Waals surface area contributed by atoms with E-state index in [1.165, 1.54) is 22.8 Å². The second kappa shape index (κ2) is 4.87. The number of tetrazole rings is 1. The Hall–Kier alpha value is -1.36. The number of aromatic amines is 1. The molecule has 0 unspecified atom stereocenters. The molecule has 2 aromatic heterocycles. The standard InChI is InChI=1S/C7H9N5O3S2/c13-3-5-1-6(4-16-5)17(14,15)8-2-7-9-11-12-10-7/h1,4,8,13H,2-3H2,(H,9,10,11,12). The molecule has 0 spiro atoms. The van der Waals surface area contributed by atoms with Gasteiger partial charge in [0.2, 0.25) is 10.0 Å². The van der Waals surface area contributed by atoms with E-state index in [9.17, 15) is 8.42 Å². The minimum Gasteiger partial charge on any atom is -0.391 e. The Kier molecular flexibility index (Phi) is 3.47. The summed E-state index contributed by atoms with van der Waals surface area (Å²) < 4.78 is 25.9. The van der Waals surface area contributed by atoms with Crippen molar-refractivity contribution >= 4 is 21.4 Å². The van der Waals surface area contributed by atoms with Crippen molar-refractivity contribution in [2.45, 2.75) is 18.0 Å². The van der Waals surface area contributed by atoms with Gasteiger partial charge in [-0.05, 0) is 6.07 Å². The first-order valence-corrected chi connectivity index (χ1v) is 6.88. The van der Waals surface area contributed by atoms with Crippen LogP contribution in [0.4, 0.5) is 0 Å². The van der Waals surface area contributed by atoms with Gasteiger partial charge in [0.1, 0.15) is 0 Å². The highest BCUT2D eigenvalue weighted by Gasteiger charge is 2.16. The van der Waals surface area contributed by atoms with E-state index >= 15 is 0 Å². The molecule has 0 saturated carbocycles. The van der Waals surface area contributed by atoms with E-state index < -0.39 is 10.0 Å². The molecule has 8 nitrogen and oxygen atoms in total. The average Bonchev–Trinajstić information content (AvgIpc) is 2.98. The summed E-state index contributed by atoms with van der Waals surface area (Å²) in [6.45, 7) is -0.214. The summed E-state index contributed by atoms with van der Waals surface area (Å²) in [5.74, 6) is 0.256. The molecule has 0 aromatic carbocycles. The number of rotatable bonds is 5. The highest BCUT2D eigenvalue weighted by Crippen LogP contribution is 2.18. The molecule has 0 bridgehead atoms. The number of nitrogens with zero attached hydrogens (tertiary/aromatic N) is 3. The SMILES string of the molecule is O=S(=O)(NCc1nn[nH]n1)c1csc(CO)c1. The first-order valence-electron chi connectivity index (χ1n) is 4.52. The number of hydrogen-bond donors (Lipinski definition) is 3. The lowest BCUT2D eigenvalue weighted by Gasteiger charge is -2.01. The van der Waals surface area contributed by atoms with Crippen LogP contribution in [0.1, 0.15) is 10.7 Å². The molecule has 2 rings (SSSR count). The maximum Gasteiger partial charge on any atom is 0.241 e. The predicted octanol–water partition coefficient (Wildman–Crippen LogP) is -0.768. The molecule has 0 aliphatic heterocycles. The minimum absolute atomic E-state index is 0.0386. The van der Waals surface area contributed by atoms with Gasteiger partial charge in [0.05, 0.1) is 18.0 Å². The highest BCUT2D eigenvalue weighted by molar-refractivity contribution is 7.89. The van der Waals surface area contributed by atoms with Gasteiger partial charge in [-0.15, -0.1) is 21.5 Å². The second-order valence-electron chi connectivity index (χ2n) is 3.06. The Morgan fingerprint density at radius 3 is 2.94 bits per heavy atom. The zero-order valence-corrected chi connectivity index (χ0v) is 10.1. The van der Waals surface area contributed by atoms with Crippen LogP contribution < -0.4 is 4.72 Å². The zero-order valence-electron chi connectivity index (χ0n) is 8.49. The van der Waals surface area contributed by atoms with Crippen molar-refractivity contribution in [2.75, 3.05) is 0 Å². The summed E-state index contributed by atoms with van der Waals surface area (Å²) in [7, 11) is -3.60. The monoisotopic (exact) mass is 275 g/mol. The van der Waals surface area contributed by atoms with Crippen molar-refractivity contribution in [3.63, 3.8) is 0 Å². The third-order valence-electron chi connectivity index (χ3n) is 1.91. The molecular weight excluding hydrogens is 266 g/mol. The molecule has 0 fully saturated rings. The molecule has 0 aliphatic rings. The van der Waals surface area contributed by atoms with Crippen molar-refractivity contribution in [2.24, 2.45) is 0 Å². The van der Waals surface area contributed by atoms with E-state index in [0.29, 0.717) is 4.88 Å². The Bertz CT molecular complexity index is 576. The van der Waals surface area contributed by atoms with Crippen LogP contribution in [0.3, 0.4) is 0 Å². The third kappa shape index (κ3) is 2.85. The van der Waals surface area contributed by atoms with E-state index in [1.807, 2.05) is 0 Å².